The molecular formula is C26H28F3NO5. The van der Waals surface area contributed by atoms with Crippen LogP contribution in [0.15, 0.2) is 24.3 Å². The molecular weight excluding hydrogens is 463 g/mol. The average Bonchev–Trinajstić information content (AvgIpc) is 3.11. The van der Waals surface area contributed by atoms with Gasteiger partial charge in [-0.25, -0.2) is 9.78 Å². The highest BCUT2D eigenvalue weighted by Gasteiger charge is 2.53. The Hall–Kier alpha value is -2.49. The summed E-state index contributed by atoms with van der Waals surface area (Å²) in [4.78, 5) is 17.6. The van der Waals surface area contributed by atoms with Crippen molar-refractivity contribution in [2.75, 3.05) is 20.3 Å². The van der Waals surface area contributed by atoms with Crippen LogP contribution in [-0.2, 0) is 32.4 Å². The van der Waals surface area contributed by atoms with E-state index < -0.39 is 35.5 Å². The minimum absolute atomic E-state index is 0.0828. The molecule has 188 valence electrons. The van der Waals surface area contributed by atoms with Crippen molar-refractivity contribution in [3.8, 4) is 0 Å². The molecule has 2 aromatic rings. The number of benzene rings is 1. The predicted octanol–water partition coefficient (Wildman–Crippen LogP) is 5.02. The number of aromatic nitrogens is 1. The predicted molar refractivity (Wildman–Crippen MR) is 119 cm³/mol. The maximum Gasteiger partial charge on any atom is 0.416 e. The second-order valence-corrected chi connectivity index (χ2v) is 10.4. The highest BCUT2D eigenvalue weighted by atomic mass is 19.4. The average molecular weight is 492 g/mol. The first-order valence-corrected chi connectivity index (χ1v) is 11.7. The van der Waals surface area contributed by atoms with Gasteiger partial charge in [-0.1, -0.05) is 26.0 Å². The summed E-state index contributed by atoms with van der Waals surface area (Å²) in [5.41, 5.74) is 1.21. The summed E-state index contributed by atoms with van der Waals surface area (Å²) in [7, 11) is 1.27. The first kappa shape index (κ1) is 24.2. The van der Waals surface area contributed by atoms with Gasteiger partial charge in [-0.3, -0.25) is 0 Å². The van der Waals surface area contributed by atoms with Crippen LogP contribution in [0.4, 0.5) is 13.2 Å². The molecule has 6 nitrogen and oxygen atoms in total. The molecule has 1 aromatic heterocycles. The maximum atomic E-state index is 13.2. The first-order chi connectivity index (χ1) is 16.5. The Morgan fingerprint density at radius 1 is 1.14 bits per heavy atom. The number of nitrogens with zero attached hydrogens (tertiary/aromatic N) is 1. The molecule has 5 rings (SSSR count). The van der Waals surface area contributed by atoms with E-state index in [0.717, 1.165) is 17.7 Å². The second kappa shape index (κ2) is 8.28. The minimum Gasteiger partial charge on any atom is -0.464 e. The Bertz CT molecular complexity index is 1150. The van der Waals surface area contributed by atoms with Gasteiger partial charge in [0.05, 0.1) is 24.4 Å². The topological polar surface area (TPSA) is 77.9 Å². The van der Waals surface area contributed by atoms with Crippen molar-refractivity contribution in [2.24, 2.45) is 5.41 Å². The van der Waals surface area contributed by atoms with Crippen molar-refractivity contribution in [3.63, 3.8) is 0 Å². The summed E-state index contributed by atoms with van der Waals surface area (Å²) in [6, 6.07) is 4.76. The molecule has 1 fully saturated rings. The van der Waals surface area contributed by atoms with Gasteiger partial charge < -0.3 is 19.3 Å². The first-order valence-electron chi connectivity index (χ1n) is 11.7. The summed E-state index contributed by atoms with van der Waals surface area (Å²) in [5.74, 6) is -0.647. The summed E-state index contributed by atoms with van der Waals surface area (Å²) in [6.45, 7) is 4.92. The molecule has 3 heterocycles. The van der Waals surface area contributed by atoms with Crippen molar-refractivity contribution in [1.29, 1.82) is 0 Å². The molecule has 0 bridgehead atoms. The number of ether oxygens (including phenoxy) is 3. The molecule has 2 unspecified atom stereocenters. The summed E-state index contributed by atoms with van der Waals surface area (Å²) in [6.07, 6.45) is -4.05. The summed E-state index contributed by atoms with van der Waals surface area (Å²) < 4.78 is 56.9. The smallest absolute Gasteiger partial charge is 0.416 e. The molecule has 1 N–H and O–H groups in total. The van der Waals surface area contributed by atoms with Gasteiger partial charge in [-0.15, -0.1) is 0 Å². The molecule has 0 radical (unpaired) electrons. The Labute approximate surface area is 201 Å². The van der Waals surface area contributed by atoms with E-state index in [1.54, 1.807) is 0 Å². The lowest BCUT2D eigenvalue weighted by molar-refractivity contribution is -0.137. The lowest BCUT2D eigenvalue weighted by Crippen LogP contribution is -2.37. The third kappa shape index (κ3) is 4.03. The van der Waals surface area contributed by atoms with E-state index in [0.29, 0.717) is 61.3 Å². The van der Waals surface area contributed by atoms with Crippen LogP contribution in [0.25, 0.3) is 0 Å². The van der Waals surface area contributed by atoms with Gasteiger partial charge >= 0.3 is 12.1 Å². The van der Waals surface area contributed by atoms with Crippen LogP contribution >= 0.6 is 0 Å². The fourth-order valence-corrected chi connectivity index (χ4v) is 5.80. The number of esters is 1. The molecule has 0 saturated carbocycles. The molecule has 2 aliphatic heterocycles. The fourth-order valence-electron chi connectivity index (χ4n) is 5.80. The molecule has 0 amide bonds. The number of halogens is 3. The molecule has 1 saturated heterocycles. The molecule has 1 spiro atoms. The van der Waals surface area contributed by atoms with Crippen molar-refractivity contribution >= 4 is 5.97 Å². The number of pyridine rings is 1. The highest BCUT2D eigenvalue weighted by Crippen LogP contribution is 2.57. The van der Waals surface area contributed by atoms with E-state index in [1.165, 1.54) is 19.2 Å². The molecule has 2 atom stereocenters. The molecule has 1 aliphatic carbocycles. The van der Waals surface area contributed by atoms with E-state index in [1.807, 2.05) is 13.8 Å². The van der Waals surface area contributed by atoms with Crippen LogP contribution in [0.2, 0.25) is 0 Å². The number of carbonyl (C=O) groups excluding carboxylic acids is 1. The van der Waals surface area contributed by atoms with Gasteiger partial charge in [0.1, 0.15) is 6.10 Å². The van der Waals surface area contributed by atoms with Crippen LogP contribution in [0.1, 0.15) is 89.3 Å². The monoisotopic (exact) mass is 491 g/mol. The van der Waals surface area contributed by atoms with E-state index in [4.69, 9.17) is 14.2 Å². The number of carbonyl (C=O) groups is 1. The number of methoxy groups -OCH3 is 1. The Balaban J connectivity index is 1.76. The zero-order valence-electron chi connectivity index (χ0n) is 19.9. The number of fused-ring (bicyclic) bond motifs is 4. The normalized spacial score (nSPS) is 24.7. The minimum atomic E-state index is -4.47. The van der Waals surface area contributed by atoms with Crippen LogP contribution in [0, 0.1) is 5.41 Å². The van der Waals surface area contributed by atoms with Gasteiger partial charge in [0, 0.05) is 48.4 Å². The Morgan fingerprint density at radius 3 is 2.40 bits per heavy atom. The number of rotatable bonds is 2. The molecule has 1 aromatic carbocycles. The number of aliphatic hydroxyl groups is 1. The number of aliphatic hydroxyl groups excluding tert-OH is 1. The van der Waals surface area contributed by atoms with Gasteiger partial charge in [0.25, 0.3) is 0 Å². The number of hydrogen-bond donors (Lipinski definition) is 1. The van der Waals surface area contributed by atoms with E-state index >= 15 is 0 Å². The standard InChI is InChI=1S/C26H28F3NO5/c1-24(2)12-16-18(17(31)13-24)20-19(21(30-16)23(32)33-3)22(35-25(20)8-10-34-11-9-25)14-4-6-15(7-5-14)26(27,28)29/h4-7,17,22,31H,8-13H2,1-3H3. The fraction of sp³-hybridized carbons (Fsp3) is 0.538. The van der Waals surface area contributed by atoms with Crippen molar-refractivity contribution in [1.82, 2.24) is 4.98 Å². The lowest BCUT2D eigenvalue weighted by Gasteiger charge is -2.40. The van der Waals surface area contributed by atoms with E-state index in [2.05, 4.69) is 4.98 Å². The van der Waals surface area contributed by atoms with Crippen molar-refractivity contribution < 1.29 is 37.3 Å². The third-order valence-electron chi connectivity index (χ3n) is 7.36. The van der Waals surface area contributed by atoms with Gasteiger partial charge in [-0.2, -0.15) is 13.2 Å². The molecule has 9 heteroatoms. The third-order valence-corrected chi connectivity index (χ3v) is 7.36. The second-order valence-electron chi connectivity index (χ2n) is 10.4. The van der Waals surface area contributed by atoms with Crippen LogP contribution in [0.3, 0.4) is 0 Å². The van der Waals surface area contributed by atoms with Gasteiger partial charge in [0.15, 0.2) is 5.69 Å². The lowest BCUT2D eigenvalue weighted by atomic mass is 9.70. The van der Waals surface area contributed by atoms with Gasteiger partial charge in [-0.05, 0) is 36.0 Å². The van der Waals surface area contributed by atoms with Gasteiger partial charge in [0.2, 0.25) is 0 Å². The Morgan fingerprint density at radius 2 is 1.80 bits per heavy atom. The van der Waals surface area contributed by atoms with Crippen LogP contribution in [0.5, 0.6) is 0 Å². The van der Waals surface area contributed by atoms with Crippen LogP contribution < -0.4 is 0 Å². The zero-order valence-corrected chi connectivity index (χ0v) is 19.9. The number of hydrogen-bond acceptors (Lipinski definition) is 6. The largest absolute Gasteiger partial charge is 0.464 e. The maximum absolute atomic E-state index is 13.2. The molecule has 3 aliphatic rings. The quantitative estimate of drug-likeness (QED) is 0.595. The van der Waals surface area contributed by atoms with Crippen LogP contribution in [-0.4, -0.2) is 36.4 Å². The molecule has 35 heavy (non-hydrogen) atoms. The van der Waals surface area contributed by atoms with E-state index in [-0.39, 0.29) is 11.1 Å². The summed E-state index contributed by atoms with van der Waals surface area (Å²) >= 11 is 0. The summed E-state index contributed by atoms with van der Waals surface area (Å²) in [5, 5.41) is 11.3. The van der Waals surface area contributed by atoms with E-state index in [9.17, 15) is 23.1 Å². The Kier molecular flexibility index (Phi) is 5.73. The zero-order chi connectivity index (χ0) is 25.2. The van der Waals surface area contributed by atoms with Crippen molar-refractivity contribution in [2.45, 2.75) is 63.5 Å². The number of alkyl halides is 3. The highest BCUT2D eigenvalue weighted by molar-refractivity contribution is 5.90. The SMILES string of the molecule is COC(=O)c1nc2c(c3c1C(c1ccc(C(F)(F)F)cc1)OC31CCOCC1)C(O)CC(C)(C)C2. The van der Waals surface area contributed by atoms with Crippen molar-refractivity contribution in [3.05, 3.63) is 63.5 Å².